The molecule has 1 aliphatic heterocycles. The fourth-order valence-electron chi connectivity index (χ4n) is 1.58. The molecule has 0 radical (unpaired) electrons. The number of piperidine rings is 1. The van der Waals surface area contributed by atoms with Gasteiger partial charge in [0.2, 0.25) is 0 Å². The van der Waals surface area contributed by atoms with Gasteiger partial charge in [0.05, 0.1) is 25.9 Å². The second kappa shape index (κ2) is 8.50. The Bertz CT molecular complexity index is 192. The fourth-order valence-corrected chi connectivity index (χ4v) is 1.58. The summed E-state index contributed by atoms with van der Waals surface area (Å²) in [6.07, 6.45) is 2.53. The van der Waals surface area contributed by atoms with E-state index in [9.17, 15) is 4.79 Å². The van der Waals surface area contributed by atoms with E-state index < -0.39 is 0 Å². The Morgan fingerprint density at radius 3 is 2.56 bits per heavy atom. The molecule has 5 heteroatoms. The molecule has 16 heavy (non-hydrogen) atoms. The van der Waals surface area contributed by atoms with Crippen molar-refractivity contribution in [3.63, 3.8) is 0 Å². The van der Waals surface area contributed by atoms with Gasteiger partial charge in [-0.1, -0.05) is 0 Å². The minimum atomic E-state index is -0.269. The average molecular weight is 231 g/mol. The zero-order chi connectivity index (χ0) is 11.6. The first-order chi connectivity index (χ1) is 7.79. The summed E-state index contributed by atoms with van der Waals surface area (Å²) in [4.78, 5) is 10.4. The van der Waals surface area contributed by atoms with E-state index in [-0.39, 0.29) is 5.97 Å². The summed E-state index contributed by atoms with van der Waals surface area (Å²) in [6, 6.07) is 0. The minimum absolute atomic E-state index is 0.269. The van der Waals surface area contributed by atoms with Crippen LogP contribution in [0.4, 0.5) is 0 Å². The van der Waals surface area contributed by atoms with Crippen molar-refractivity contribution in [2.75, 3.05) is 39.5 Å². The van der Waals surface area contributed by atoms with Gasteiger partial charge in [-0.3, -0.25) is 4.79 Å². The van der Waals surface area contributed by atoms with E-state index in [1.807, 2.05) is 0 Å². The predicted octanol–water partition coefficient (Wildman–Crippen LogP) is 0.335. The molecule has 1 heterocycles. The summed E-state index contributed by atoms with van der Waals surface area (Å²) in [7, 11) is 0. The maximum atomic E-state index is 10.4. The molecule has 0 unspecified atom stereocenters. The Hall–Kier alpha value is -0.650. The third kappa shape index (κ3) is 6.76. The number of nitrogens with one attached hydrogen (secondary N) is 1. The molecule has 0 aromatic heterocycles. The summed E-state index contributed by atoms with van der Waals surface area (Å²) < 4.78 is 15.6. The summed E-state index contributed by atoms with van der Waals surface area (Å²) in [6.45, 7) is 5.41. The third-order valence-corrected chi connectivity index (χ3v) is 2.40. The van der Waals surface area contributed by atoms with Crippen LogP contribution in [0, 0.1) is 0 Å². The molecular weight excluding hydrogens is 210 g/mol. The molecule has 1 rings (SSSR count). The van der Waals surface area contributed by atoms with E-state index in [1.165, 1.54) is 6.92 Å². The maximum absolute atomic E-state index is 10.4. The van der Waals surface area contributed by atoms with Crippen molar-refractivity contribution in [1.82, 2.24) is 5.32 Å². The second-order valence-corrected chi connectivity index (χ2v) is 3.77. The largest absolute Gasteiger partial charge is 0.463 e. The van der Waals surface area contributed by atoms with Crippen LogP contribution < -0.4 is 5.32 Å². The molecule has 0 bridgehead atoms. The van der Waals surface area contributed by atoms with Crippen molar-refractivity contribution in [3.8, 4) is 0 Å². The molecule has 94 valence electrons. The summed E-state index contributed by atoms with van der Waals surface area (Å²) in [5.41, 5.74) is 0. The Morgan fingerprint density at radius 2 is 1.88 bits per heavy atom. The predicted molar refractivity (Wildman–Crippen MR) is 59.3 cm³/mol. The number of hydrogen-bond donors (Lipinski definition) is 1. The summed E-state index contributed by atoms with van der Waals surface area (Å²) >= 11 is 0. The molecule has 0 spiro atoms. The van der Waals surface area contributed by atoms with Gasteiger partial charge in [0, 0.05) is 6.92 Å². The Kier molecular flexibility index (Phi) is 7.12. The van der Waals surface area contributed by atoms with E-state index in [0.717, 1.165) is 25.9 Å². The number of hydrogen-bond acceptors (Lipinski definition) is 5. The second-order valence-electron chi connectivity index (χ2n) is 3.77. The van der Waals surface area contributed by atoms with Crippen LogP contribution in [0.1, 0.15) is 19.8 Å². The lowest BCUT2D eigenvalue weighted by molar-refractivity contribution is -0.142. The molecule has 1 N–H and O–H groups in total. The first-order valence-electron chi connectivity index (χ1n) is 5.82. The summed E-state index contributed by atoms with van der Waals surface area (Å²) in [5, 5.41) is 3.28. The van der Waals surface area contributed by atoms with Crippen LogP contribution in [-0.4, -0.2) is 51.6 Å². The van der Waals surface area contributed by atoms with Crippen LogP contribution >= 0.6 is 0 Å². The highest BCUT2D eigenvalue weighted by Crippen LogP contribution is 2.06. The highest BCUT2D eigenvalue weighted by molar-refractivity contribution is 5.65. The number of ether oxygens (including phenoxy) is 3. The van der Waals surface area contributed by atoms with Crippen LogP contribution in [-0.2, 0) is 19.0 Å². The fraction of sp³-hybridized carbons (Fsp3) is 0.909. The van der Waals surface area contributed by atoms with Gasteiger partial charge in [-0.2, -0.15) is 0 Å². The number of carbonyl (C=O) groups excluding carboxylic acids is 1. The topological polar surface area (TPSA) is 56.8 Å². The first kappa shape index (κ1) is 13.4. The Morgan fingerprint density at radius 1 is 1.19 bits per heavy atom. The van der Waals surface area contributed by atoms with Gasteiger partial charge in [-0.05, 0) is 25.9 Å². The Balaban J connectivity index is 1.82. The molecule has 0 aromatic rings. The lowest BCUT2D eigenvalue weighted by Crippen LogP contribution is -2.33. The van der Waals surface area contributed by atoms with Crippen LogP contribution in [0.25, 0.3) is 0 Å². The van der Waals surface area contributed by atoms with Gasteiger partial charge < -0.3 is 19.5 Å². The van der Waals surface area contributed by atoms with Gasteiger partial charge in [0.15, 0.2) is 0 Å². The lowest BCUT2D eigenvalue weighted by atomic mass is 10.1. The molecule has 0 aliphatic carbocycles. The van der Waals surface area contributed by atoms with Crippen molar-refractivity contribution >= 4 is 5.97 Å². The van der Waals surface area contributed by atoms with Crippen molar-refractivity contribution < 1.29 is 19.0 Å². The number of rotatable bonds is 7. The zero-order valence-corrected chi connectivity index (χ0v) is 9.87. The zero-order valence-electron chi connectivity index (χ0n) is 9.87. The lowest BCUT2D eigenvalue weighted by Gasteiger charge is -2.22. The first-order valence-corrected chi connectivity index (χ1v) is 5.82. The van der Waals surface area contributed by atoms with Crippen LogP contribution in [0.15, 0.2) is 0 Å². The van der Waals surface area contributed by atoms with E-state index in [4.69, 9.17) is 14.2 Å². The molecule has 0 atom stereocenters. The van der Waals surface area contributed by atoms with Crippen molar-refractivity contribution in [2.45, 2.75) is 25.9 Å². The quantitative estimate of drug-likeness (QED) is 0.505. The smallest absolute Gasteiger partial charge is 0.302 e. The molecule has 0 amide bonds. The maximum Gasteiger partial charge on any atom is 0.302 e. The van der Waals surface area contributed by atoms with E-state index >= 15 is 0 Å². The monoisotopic (exact) mass is 231 g/mol. The van der Waals surface area contributed by atoms with Crippen LogP contribution in [0.3, 0.4) is 0 Å². The van der Waals surface area contributed by atoms with Gasteiger partial charge in [-0.25, -0.2) is 0 Å². The third-order valence-electron chi connectivity index (χ3n) is 2.40. The van der Waals surface area contributed by atoms with E-state index in [2.05, 4.69) is 5.32 Å². The Labute approximate surface area is 96.4 Å². The molecule has 1 aliphatic rings. The number of esters is 1. The van der Waals surface area contributed by atoms with Gasteiger partial charge >= 0.3 is 5.97 Å². The molecule has 1 fully saturated rings. The van der Waals surface area contributed by atoms with Crippen LogP contribution in [0.5, 0.6) is 0 Å². The molecular formula is C11H21NO4. The minimum Gasteiger partial charge on any atom is -0.463 e. The molecule has 5 nitrogen and oxygen atoms in total. The van der Waals surface area contributed by atoms with Crippen molar-refractivity contribution in [2.24, 2.45) is 0 Å². The van der Waals surface area contributed by atoms with Crippen molar-refractivity contribution in [1.29, 1.82) is 0 Å². The highest BCUT2D eigenvalue weighted by atomic mass is 16.6. The van der Waals surface area contributed by atoms with Gasteiger partial charge in [0.25, 0.3) is 0 Å². The SMILES string of the molecule is CC(=O)OCCOCCOC1CCNCC1. The molecule has 1 saturated heterocycles. The average Bonchev–Trinajstić information content (AvgIpc) is 2.29. The molecule has 0 aromatic carbocycles. The molecule has 0 saturated carbocycles. The standard InChI is InChI=1S/C11H21NO4/c1-10(13)15-8-6-14-7-9-16-11-2-4-12-5-3-11/h11-12H,2-9H2,1H3. The van der Waals surface area contributed by atoms with E-state index in [0.29, 0.717) is 32.5 Å². The normalized spacial score (nSPS) is 17.3. The highest BCUT2D eigenvalue weighted by Gasteiger charge is 2.12. The van der Waals surface area contributed by atoms with Gasteiger partial charge in [-0.15, -0.1) is 0 Å². The number of carbonyl (C=O) groups is 1. The van der Waals surface area contributed by atoms with E-state index in [1.54, 1.807) is 0 Å². The van der Waals surface area contributed by atoms with Crippen molar-refractivity contribution in [3.05, 3.63) is 0 Å². The van der Waals surface area contributed by atoms with Gasteiger partial charge in [0.1, 0.15) is 6.61 Å². The summed E-state index contributed by atoms with van der Waals surface area (Å²) in [5.74, 6) is -0.269. The van der Waals surface area contributed by atoms with Crippen LogP contribution in [0.2, 0.25) is 0 Å².